The molecule has 0 aliphatic carbocycles. The Morgan fingerprint density at radius 2 is 1.33 bits per heavy atom. The zero-order valence-electron chi connectivity index (χ0n) is 13.3. The number of benzene rings is 2. The highest BCUT2D eigenvalue weighted by atomic mass is 79.9. The molecule has 0 radical (unpaired) electrons. The van der Waals surface area contributed by atoms with Gasteiger partial charge in [-0.15, -0.1) is 17.0 Å². The lowest BCUT2D eigenvalue weighted by Gasteiger charge is -2.34. The van der Waals surface area contributed by atoms with E-state index in [1.165, 1.54) is 0 Å². The lowest BCUT2D eigenvalue weighted by atomic mass is 10.1. The minimum Gasteiger partial charge on any atom is -0.322 e. The maximum atomic E-state index is 13.2. The van der Waals surface area contributed by atoms with Crippen LogP contribution in [0.3, 0.4) is 0 Å². The Balaban J connectivity index is 0.00000169. The molecule has 2 heterocycles. The second-order valence-electron chi connectivity index (χ2n) is 5.81. The number of piperazine rings is 1. The summed E-state index contributed by atoms with van der Waals surface area (Å²) in [5.74, 6) is 0. The molecule has 0 unspecified atom stereocenters. The van der Waals surface area contributed by atoms with E-state index in [0.29, 0.717) is 0 Å². The first-order chi connectivity index (χ1) is 11.3. The average Bonchev–Trinajstić information content (AvgIpc) is 2.79. The molecule has 5 heteroatoms. The average molecular weight is 386 g/mol. The molecular formula is C19H20BrN3O. The van der Waals surface area contributed by atoms with E-state index in [1.54, 1.807) is 0 Å². The third kappa shape index (κ3) is 2.97. The first-order valence-corrected chi connectivity index (χ1v) is 8.00. The number of para-hydroxylation sites is 2. The van der Waals surface area contributed by atoms with Crippen molar-refractivity contribution in [3.05, 3.63) is 59.7 Å². The van der Waals surface area contributed by atoms with Gasteiger partial charge in [0.05, 0.1) is 11.4 Å². The molecule has 1 N–H and O–H groups in total. The number of amides is 2. The standard InChI is InChI=1S/C19H19N3O.BrH/c23-19(21-13-11-20-12-14-21)22-17-7-3-1-5-15(17)9-10-16-6-2-4-8-18(16)22;/h1-10,20H,11-14H2;1H. The van der Waals surface area contributed by atoms with Crippen LogP contribution in [-0.4, -0.2) is 37.1 Å². The SMILES string of the molecule is Br.O=C(N1CCNCC1)N1c2ccccc2C=Cc2ccccc21. The van der Waals surface area contributed by atoms with Crippen molar-refractivity contribution in [2.75, 3.05) is 31.1 Å². The van der Waals surface area contributed by atoms with E-state index in [1.807, 2.05) is 46.2 Å². The molecule has 0 aromatic heterocycles. The summed E-state index contributed by atoms with van der Waals surface area (Å²) in [7, 11) is 0. The first kappa shape index (κ1) is 16.7. The number of nitrogens with one attached hydrogen (secondary N) is 1. The number of carbonyl (C=O) groups excluding carboxylic acids is 1. The number of halogens is 1. The van der Waals surface area contributed by atoms with Gasteiger partial charge in [0.1, 0.15) is 0 Å². The van der Waals surface area contributed by atoms with E-state index in [4.69, 9.17) is 0 Å². The van der Waals surface area contributed by atoms with Crippen LogP contribution in [-0.2, 0) is 0 Å². The number of rotatable bonds is 0. The summed E-state index contributed by atoms with van der Waals surface area (Å²) in [5.41, 5.74) is 4.01. The number of hydrogen-bond donors (Lipinski definition) is 1. The Labute approximate surface area is 152 Å². The van der Waals surface area contributed by atoms with Crippen molar-refractivity contribution in [3.8, 4) is 0 Å². The summed E-state index contributed by atoms with van der Waals surface area (Å²) < 4.78 is 0. The molecule has 124 valence electrons. The Kier molecular flexibility index (Phi) is 5.02. The highest BCUT2D eigenvalue weighted by Crippen LogP contribution is 2.36. The van der Waals surface area contributed by atoms with Gasteiger partial charge in [-0.2, -0.15) is 0 Å². The van der Waals surface area contributed by atoms with Crippen LogP contribution in [0.1, 0.15) is 11.1 Å². The van der Waals surface area contributed by atoms with Crippen LogP contribution in [0.5, 0.6) is 0 Å². The van der Waals surface area contributed by atoms with Crippen molar-refractivity contribution >= 4 is 46.5 Å². The minimum atomic E-state index is 0. The van der Waals surface area contributed by atoms with Crippen LogP contribution in [0.4, 0.5) is 16.2 Å². The van der Waals surface area contributed by atoms with E-state index in [-0.39, 0.29) is 23.0 Å². The van der Waals surface area contributed by atoms with Gasteiger partial charge < -0.3 is 10.2 Å². The summed E-state index contributed by atoms with van der Waals surface area (Å²) in [6, 6.07) is 16.2. The van der Waals surface area contributed by atoms with Crippen molar-refractivity contribution in [2.24, 2.45) is 0 Å². The monoisotopic (exact) mass is 385 g/mol. The number of hydrogen-bond acceptors (Lipinski definition) is 2. The molecule has 0 spiro atoms. The topological polar surface area (TPSA) is 35.6 Å². The van der Waals surface area contributed by atoms with E-state index < -0.39 is 0 Å². The number of carbonyl (C=O) groups is 1. The fraction of sp³-hybridized carbons (Fsp3) is 0.211. The molecule has 4 rings (SSSR count). The lowest BCUT2D eigenvalue weighted by Crippen LogP contribution is -2.50. The summed E-state index contributed by atoms with van der Waals surface area (Å²) in [5, 5.41) is 3.30. The van der Waals surface area contributed by atoms with E-state index in [2.05, 4.69) is 29.6 Å². The smallest absolute Gasteiger partial charge is 0.322 e. The molecule has 0 saturated carbocycles. The lowest BCUT2D eigenvalue weighted by molar-refractivity contribution is 0.199. The van der Waals surface area contributed by atoms with Crippen molar-refractivity contribution in [2.45, 2.75) is 0 Å². The largest absolute Gasteiger partial charge is 0.329 e. The van der Waals surface area contributed by atoms with E-state index in [9.17, 15) is 4.79 Å². The van der Waals surface area contributed by atoms with Crippen LogP contribution in [0.15, 0.2) is 48.5 Å². The Bertz CT molecular complexity index is 719. The second kappa shape index (κ2) is 7.20. The molecule has 1 fully saturated rings. The highest BCUT2D eigenvalue weighted by Gasteiger charge is 2.28. The van der Waals surface area contributed by atoms with E-state index in [0.717, 1.165) is 48.7 Å². The molecule has 1 saturated heterocycles. The number of urea groups is 1. The van der Waals surface area contributed by atoms with Gasteiger partial charge in [-0.05, 0) is 23.3 Å². The second-order valence-corrected chi connectivity index (χ2v) is 5.81. The van der Waals surface area contributed by atoms with Crippen molar-refractivity contribution in [3.63, 3.8) is 0 Å². The van der Waals surface area contributed by atoms with Crippen molar-refractivity contribution < 1.29 is 4.79 Å². The quantitative estimate of drug-likeness (QED) is 0.745. The molecule has 0 atom stereocenters. The van der Waals surface area contributed by atoms with Gasteiger partial charge in [-0.25, -0.2) is 4.79 Å². The van der Waals surface area contributed by atoms with Crippen LogP contribution in [0, 0.1) is 0 Å². The molecule has 2 aromatic rings. The number of anilines is 2. The van der Waals surface area contributed by atoms with Crippen molar-refractivity contribution in [1.82, 2.24) is 10.2 Å². The molecular weight excluding hydrogens is 366 g/mol. The van der Waals surface area contributed by atoms with E-state index >= 15 is 0 Å². The molecule has 2 amide bonds. The normalized spacial score (nSPS) is 15.8. The van der Waals surface area contributed by atoms with Crippen LogP contribution in [0.25, 0.3) is 12.2 Å². The summed E-state index contributed by atoms with van der Waals surface area (Å²) in [6.07, 6.45) is 4.17. The summed E-state index contributed by atoms with van der Waals surface area (Å²) >= 11 is 0. The van der Waals surface area contributed by atoms with Crippen LogP contribution in [0.2, 0.25) is 0 Å². The zero-order chi connectivity index (χ0) is 15.6. The maximum absolute atomic E-state index is 13.2. The molecule has 2 aromatic carbocycles. The van der Waals surface area contributed by atoms with Gasteiger partial charge in [0.15, 0.2) is 0 Å². The molecule has 2 aliphatic rings. The zero-order valence-corrected chi connectivity index (χ0v) is 15.0. The summed E-state index contributed by atoms with van der Waals surface area (Å²) in [6.45, 7) is 3.18. The molecule has 2 aliphatic heterocycles. The highest BCUT2D eigenvalue weighted by molar-refractivity contribution is 8.93. The first-order valence-electron chi connectivity index (χ1n) is 8.00. The van der Waals surface area contributed by atoms with Gasteiger partial charge in [0.2, 0.25) is 0 Å². The van der Waals surface area contributed by atoms with Gasteiger partial charge in [0, 0.05) is 26.2 Å². The molecule has 24 heavy (non-hydrogen) atoms. The molecule has 0 bridgehead atoms. The van der Waals surface area contributed by atoms with Crippen LogP contribution >= 0.6 is 17.0 Å². The fourth-order valence-electron chi connectivity index (χ4n) is 3.18. The van der Waals surface area contributed by atoms with Crippen molar-refractivity contribution in [1.29, 1.82) is 0 Å². The Morgan fingerprint density at radius 1 is 0.833 bits per heavy atom. The third-order valence-electron chi connectivity index (χ3n) is 4.38. The number of nitrogens with zero attached hydrogens (tertiary/aromatic N) is 2. The predicted octanol–water partition coefficient (Wildman–Crippen LogP) is 3.91. The van der Waals surface area contributed by atoms with Gasteiger partial charge in [-0.3, -0.25) is 4.90 Å². The number of fused-ring (bicyclic) bond motifs is 2. The van der Waals surface area contributed by atoms with Gasteiger partial charge in [-0.1, -0.05) is 48.6 Å². The Morgan fingerprint density at radius 3 is 1.88 bits per heavy atom. The molecule has 4 nitrogen and oxygen atoms in total. The van der Waals surface area contributed by atoms with Crippen LogP contribution < -0.4 is 10.2 Å². The van der Waals surface area contributed by atoms with Gasteiger partial charge in [0.25, 0.3) is 0 Å². The van der Waals surface area contributed by atoms with Gasteiger partial charge >= 0.3 is 6.03 Å². The third-order valence-corrected chi connectivity index (χ3v) is 4.38. The Hall–Kier alpha value is -2.11. The maximum Gasteiger partial charge on any atom is 0.329 e. The fourth-order valence-corrected chi connectivity index (χ4v) is 3.18. The minimum absolute atomic E-state index is 0. The predicted molar refractivity (Wildman–Crippen MR) is 104 cm³/mol. The summed E-state index contributed by atoms with van der Waals surface area (Å²) in [4.78, 5) is 17.0.